The van der Waals surface area contributed by atoms with Crippen LogP contribution >= 0.6 is 11.6 Å². The largest absolute Gasteiger partial charge is 0.397 e. The van der Waals surface area contributed by atoms with Gasteiger partial charge in [0, 0.05) is 29.6 Å². The summed E-state index contributed by atoms with van der Waals surface area (Å²) in [4.78, 5) is 4.31. The quantitative estimate of drug-likeness (QED) is 0.475. The molecule has 0 atom stereocenters. The van der Waals surface area contributed by atoms with Gasteiger partial charge >= 0.3 is 0 Å². The Labute approximate surface area is 170 Å². The molecule has 4 aromatic rings. The number of nitrogens with zero attached hydrogens (tertiary/aromatic N) is 2. The Hall–Kier alpha value is -2.88. The predicted octanol–water partition coefficient (Wildman–Crippen LogP) is 5.38. The molecule has 0 aliphatic carbocycles. The first-order valence-electron chi connectivity index (χ1n) is 9.20. The van der Waals surface area contributed by atoms with Gasteiger partial charge in [0.15, 0.2) is 0 Å². The Morgan fingerprint density at radius 3 is 1.82 bits per heavy atom. The van der Waals surface area contributed by atoms with Crippen molar-refractivity contribution in [1.29, 1.82) is 0 Å². The Morgan fingerprint density at radius 1 is 0.857 bits per heavy atom. The maximum absolute atomic E-state index is 7.57. The monoisotopic (exact) mass is 390 g/mol. The van der Waals surface area contributed by atoms with E-state index in [9.17, 15) is 0 Å². The molecular weight excluding hydrogens is 368 g/mol. The zero-order valence-electron chi connectivity index (χ0n) is 15.7. The van der Waals surface area contributed by atoms with Crippen molar-refractivity contribution in [3.8, 4) is 0 Å². The SMILES string of the molecule is CCO.Clc1ccccc1C(c1ccccc1)(c1ccccc1)n1ccnc1. The average molecular weight is 391 g/mol. The molecule has 0 fully saturated rings. The minimum Gasteiger partial charge on any atom is -0.397 e. The summed E-state index contributed by atoms with van der Waals surface area (Å²) < 4.78 is 2.12. The Balaban J connectivity index is 0.000000706. The number of benzene rings is 3. The van der Waals surface area contributed by atoms with E-state index in [-0.39, 0.29) is 6.61 Å². The lowest BCUT2D eigenvalue weighted by atomic mass is 9.76. The summed E-state index contributed by atoms with van der Waals surface area (Å²) in [5.74, 6) is 0. The summed E-state index contributed by atoms with van der Waals surface area (Å²) in [5, 5.41) is 8.30. The molecule has 4 rings (SSSR count). The summed E-state index contributed by atoms with van der Waals surface area (Å²) >= 11 is 6.69. The van der Waals surface area contributed by atoms with E-state index in [0.717, 1.165) is 21.7 Å². The molecular formula is C24H23ClN2O. The standard InChI is InChI=1S/C22H17ClN2.C2H6O/c23-21-14-8-7-13-20(21)22(25-16-15-24-17-25,18-9-3-1-4-10-18)19-11-5-2-6-12-19;1-2-3/h1-17H;3H,2H2,1H3. The summed E-state index contributed by atoms with van der Waals surface area (Å²) in [5.41, 5.74) is 2.70. The van der Waals surface area contributed by atoms with Gasteiger partial charge in [-0.25, -0.2) is 4.98 Å². The minimum atomic E-state index is -0.586. The summed E-state index contributed by atoms with van der Waals surface area (Å²) in [7, 11) is 0. The van der Waals surface area contributed by atoms with Crippen LogP contribution in [0.4, 0.5) is 0 Å². The van der Waals surface area contributed by atoms with Crippen molar-refractivity contribution in [2.24, 2.45) is 0 Å². The summed E-state index contributed by atoms with van der Waals surface area (Å²) in [6.07, 6.45) is 5.64. The molecule has 0 unspecified atom stereocenters. The van der Waals surface area contributed by atoms with E-state index in [0.29, 0.717) is 0 Å². The third kappa shape index (κ3) is 3.72. The molecule has 1 heterocycles. The molecule has 0 radical (unpaired) electrons. The van der Waals surface area contributed by atoms with Crippen molar-refractivity contribution < 1.29 is 5.11 Å². The summed E-state index contributed by atoms with van der Waals surface area (Å²) in [6, 6.07) is 28.8. The van der Waals surface area contributed by atoms with E-state index in [1.165, 1.54) is 0 Å². The number of hydrogen-bond acceptors (Lipinski definition) is 2. The van der Waals surface area contributed by atoms with Crippen molar-refractivity contribution in [3.05, 3.63) is 125 Å². The van der Waals surface area contributed by atoms with Crippen molar-refractivity contribution in [1.82, 2.24) is 9.55 Å². The molecule has 3 aromatic carbocycles. The third-order valence-electron chi connectivity index (χ3n) is 4.54. The smallest absolute Gasteiger partial charge is 0.123 e. The van der Waals surface area contributed by atoms with Crippen molar-refractivity contribution in [3.63, 3.8) is 0 Å². The second kappa shape index (κ2) is 9.36. The number of imidazole rings is 1. The molecule has 0 aliphatic rings. The van der Waals surface area contributed by atoms with Crippen LogP contribution in [0.2, 0.25) is 5.02 Å². The van der Waals surface area contributed by atoms with Gasteiger partial charge in [-0.3, -0.25) is 0 Å². The second-order valence-corrected chi connectivity index (χ2v) is 6.62. The van der Waals surface area contributed by atoms with Gasteiger partial charge in [-0.1, -0.05) is 90.5 Å². The van der Waals surface area contributed by atoms with Gasteiger partial charge in [0.2, 0.25) is 0 Å². The normalized spacial score (nSPS) is 10.8. The van der Waals surface area contributed by atoms with Crippen molar-refractivity contribution in [2.45, 2.75) is 12.5 Å². The van der Waals surface area contributed by atoms with Crippen LogP contribution < -0.4 is 0 Å². The lowest BCUT2D eigenvalue weighted by Crippen LogP contribution is -2.37. The lowest BCUT2D eigenvalue weighted by molar-refractivity contribution is 0.318. The topological polar surface area (TPSA) is 38.0 Å². The first kappa shape index (κ1) is 19.9. The first-order valence-corrected chi connectivity index (χ1v) is 9.58. The van der Waals surface area contributed by atoms with E-state index in [1.807, 2.05) is 42.9 Å². The number of aromatic nitrogens is 2. The second-order valence-electron chi connectivity index (χ2n) is 6.21. The highest BCUT2D eigenvalue weighted by molar-refractivity contribution is 6.31. The average Bonchev–Trinajstić information content (AvgIpc) is 3.27. The molecule has 0 saturated heterocycles. The molecule has 28 heavy (non-hydrogen) atoms. The lowest BCUT2D eigenvalue weighted by Gasteiger charge is -2.37. The fourth-order valence-electron chi connectivity index (χ4n) is 3.49. The van der Waals surface area contributed by atoms with Crippen LogP contribution in [0.5, 0.6) is 0 Å². The molecule has 1 aromatic heterocycles. The number of hydrogen-bond donors (Lipinski definition) is 1. The fraction of sp³-hybridized carbons (Fsp3) is 0.125. The van der Waals surface area contributed by atoms with Gasteiger partial charge in [0.25, 0.3) is 0 Å². The van der Waals surface area contributed by atoms with Gasteiger partial charge < -0.3 is 9.67 Å². The maximum atomic E-state index is 7.57. The van der Waals surface area contributed by atoms with Gasteiger partial charge in [-0.2, -0.15) is 0 Å². The van der Waals surface area contributed by atoms with Gasteiger partial charge in [-0.15, -0.1) is 0 Å². The van der Waals surface area contributed by atoms with E-state index in [2.05, 4.69) is 64.1 Å². The Morgan fingerprint density at radius 2 is 1.36 bits per heavy atom. The highest BCUT2D eigenvalue weighted by atomic mass is 35.5. The van der Waals surface area contributed by atoms with Crippen LogP contribution in [-0.2, 0) is 5.54 Å². The van der Waals surface area contributed by atoms with Crippen LogP contribution in [0.3, 0.4) is 0 Å². The number of rotatable bonds is 4. The van der Waals surface area contributed by atoms with Crippen molar-refractivity contribution in [2.75, 3.05) is 6.61 Å². The Kier molecular flexibility index (Phi) is 6.64. The molecule has 142 valence electrons. The van der Waals surface area contributed by atoms with Crippen LogP contribution in [0, 0.1) is 0 Å². The number of aliphatic hydroxyl groups excluding tert-OH is 1. The summed E-state index contributed by atoms with van der Waals surface area (Å²) in [6.45, 7) is 1.93. The van der Waals surface area contributed by atoms with E-state index < -0.39 is 5.54 Å². The van der Waals surface area contributed by atoms with Crippen LogP contribution in [-0.4, -0.2) is 21.3 Å². The maximum Gasteiger partial charge on any atom is 0.123 e. The Bertz CT molecular complexity index is 930. The van der Waals surface area contributed by atoms with Gasteiger partial charge in [0.1, 0.15) is 5.54 Å². The highest BCUT2D eigenvalue weighted by Crippen LogP contribution is 2.43. The molecule has 0 amide bonds. The van der Waals surface area contributed by atoms with Crippen molar-refractivity contribution >= 4 is 11.6 Å². The molecule has 0 aliphatic heterocycles. The van der Waals surface area contributed by atoms with Crippen LogP contribution in [0.1, 0.15) is 23.6 Å². The van der Waals surface area contributed by atoms with Gasteiger partial charge in [-0.05, 0) is 24.1 Å². The molecule has 0 bridgehead atoms. The van der Waals surface area contributed by atoms with E-state index >= 15 is 0 Å². The zero-order chi connectivity index (χ0) is 19.8. The molecule has 0 spiro atoms. The predicted molar refractivity (Wildman–Crippen MR) is 115 cm³/mol. The van der Waals surface area contributed by atoms with E-state index in [4.69, 9.17) is 16.7 Å². The van der Waals surface area contributed by atoms with Crippen LogP contribution in [0.25, 0.3) is 0 Å². The van der Waals surface area contributed by atoms with E-state index in [1.54, 1.807) is 13.1 Å². The first-order chi connectivity index (χ1) is 13.7. The number of aliphatic hydroxyl groups is 1. The third-order valence-corrected chi connectivity index (χ3v) is 4.87. The highest BCUT2D eigenvalue weighted by Gasteiger charge is 2.39. The van der Waals surface area contributed by atoms with Crippen LogP contribution in [0.15, 0.2) is 104 Å². The molecule has 1 N–H and O–H groups in total. The molecule has 0 saturated carbocycles. The molecule has 3 nitrogen and oxygen atoms in total. The molecule has 4 heteroatoms. The van der Waals surface area contributed by atoms with Gasteiger partial charge in [0.05, 0.1) is 6.33 Å². The minimum absolute atomic E-state index is 0.250. The zero-order valence-corrected chi connectivity index (χ0v) is 16.5. The fourth-order valence-corrected chi connectivity index (χ4v) is 3.76. The number of halogens is 1.